The van der Waals surface area contributed by atoms with Gasteiger partial charge in [0.1, 0.15) is 0 Å². The molecule has 0 saturated carbocycles. The monoisotopic (exact) mass is 461 g/mol. The Morgan fingerprint density at radius 3 is 1.67 bits per heavy atom. The van der Waals surface area contributed by atoms with Crippen LogP contribution in [0.4, 0.5) is 22.7 Å². The average Bonchev–Trinajstić information content (AvgIpc) is 2.78. The quantitative estimate of drug-likeness (QED) is 0.493. The Kier molecular flexibility index (Phi) is 10.1. The average molecular weight is 462 g/mol. The molecule has 0 atom stereocenters. The molecule has 1 aliphatic heterocycles. The van der Waals surface area contributed by atoms with Crippen LogP contribution in [-0.4, -0.2) is 38.1 Å². The van der Waals surface area contributed by atoms with Gasteiger partial charge in [-0.05, 0) is 64.8 Å². The largest absolute Gasteiger partial charge is 1.00 e. The molecule has 2 aromatic rings. The van der Waals surface area contributed by atoms with Crippen LogP contribution in [-0.2, 0) is 9.59 Å². The summed E-state index contributed by atoms with van der Waals surface area (Å²) in [6.45, 7) is 11.9. The van der Waals surface area contributed by atoms with Gasteiger partial charge in [0.25, 0.3) is 0 Å². The molecule has 1 amide bonds. The van der Waals surface area contributed by atoms with Crippen LogP contribution in [0.5, 0.6) is 11.5 Å². The number of carbonyl (C=O) groups excluding carboxylic acids is 2. The summed E-state index contributed by atoms with van der Waals surface area (Å²) < 4.78 is 6.31. The molecule has 0 fully saturated rings. The molecule has 0 unspecified atom stereocenters. The number of carbonyl (C=O) groups is 2. The van der Waals surface area contributed by atoms with Gasteiger partial charge < -0.3 is 24.4 Å². The van der Waals surface area contributed by atoms with E-state index in [-0.39, 0.29) is 54.7 Å². The third kappa shape index (κ3) is 6.02. The maximum Gasteiger partial charge on any atom is 1.00 e. The number of carboxylic acid groups (broad SMARTS) is 1. The molecule has 1 heterocycles. The van der Waals surface area contributed by atoms with Crippen molar-refractivity contribution in [2.45, 2.75) is 47.0 Å². The molecule has 172 valence electrons. The van der Waals surface area contributed by atoms with Gasteiger partial charge in [-0.3, -0.25) is 9.69 Å². The van der Waals surface area contributed by atoms with Gasteiger partial charge in [0.05, 0.1) is 11.4 Å². The first-order valence-electron chi connectivity index (χ1n) is 11.4. The van der Waals surface area contributed by atoms with Crippen molar-refractivity contribution in [1.82, 2.24) is 0 Å². The topological polar surface area (TPSA) is 76.2 Å². The summed E-state index contributed by atoms with van der Waals surface area (Å²) in [5.74, 6) is -0.0739. The summed E-state index contributed by atoms with van der Waals surface area (Å²) in [6.07, 6.45) is 0.207. The minimum Gasteiger partial charge on any atom is -0.550 e. The molecule has 0 bridgehead atoms. The molecule has 8 heteroatoms. The van der Waals surface area contributed by atoms with E-state index in [1.165, 1.54) is 0 Å². The van der Waals surface area contributed by atoms with Gasteiger partial charge in [0, 0.05) is 62.1 Å². The summed E-state index contributed by atoms with van der Waals surface area (Å²) >= 11 is 0. The normalized spacial score (nSPS) is 11.6. The van der Waals surface area contributed by atoms with Gasteiger partial charge in [-0.15, -0.1) is 0 Å². The van der Waals surface area contributed by atoms with E-state index in [0.29, 0.717) is 22.9 Å². The zero-order valence-corrected chi connectivity index (χ0v) is 22.4. The SMILES string of the molecule is CCN(CC)c1ccc2c(c1)Oc1cc(N(CC)CC)ccc1N2C(=O)CCCC(=O)[O-].[Na+]. The first-order valence-corrected chi connectivity index (χ1v) is 11.4. The van der Waals surface area contributed by atoms with Gasteiger partial charge >= 0.3 is 29.6 Å². The van der Waals surface area contributed by atoms with Crippen LogP contribution in [0.25, 0.3) is 0 Å². The molecular formula is C25H32N3NaO4. The number of hydrogen-bond donors (Lipinski definition) is 0. The summed E-state index contributed by atoms with van der Waals surface area (Å²) in [6, 6.07) is 11.7. The first-order chi connectivity index (χ1) is 15.4. The van der Waals surface area contributed by atoms with Crippen LogP contribution >= 0.6 is 0 Å². The van der Waals surface area contributed by atoms with Crippen molar-refractivity contribution in [3.8, 4) is 11.5 Å². The van der Waals surface area contributed by atoms with Crippen molar-refractivity contribution in [3.05, 3.63) is 36.4 Å². The van der Waals surface area contributed by atoms with Crippen LogP contribution in [0, 0.1) is 0 Å². The predicted molar refractivity (Wildman–Crippen MR) is 126 cm³/mol. The first kappa shape index (κ1) is 27.0. The van der Waals surface area contributed by atoms with Gasteiger partial charge in [-0.25, -0.2) is 0 Å². The molecular weight excluding hydrogens is 429 g/mol. The van der Waals surface area contributed by atoms with Gasteiger partial charge in [-0.1, -0.05) is 0 Å². The number of fused-ring (bicyclic) bond motifs is 2. The van der Waals surface area contributed by atoms with Crippen molar-refractivity contribution in [1.29, 1.82) is 0 Å². The van der Waals surface area contributed by atoms with Crippen LogP contribution in [0.15, 0.2) is 36.4 Å². The van der Waals surface area contributed by atoms with E-state index in [1.807, 2.05) is 36.4 Å². The van der Waals surface area contributed by atoms with Crippen LogP contribution in [0.2, 0.25) is 0 Å². The fourth-order valence-electron chi connectivity index (χ4n) is 4.12. The van der Waals surface area contributed by atoms with Gasteiger partial charge in [0.15, 0.2) is 11.5 Å². The smallest absolute Gasteiger partial charge is 0.550 e. The molecule has 0 aromatic heterocycles. The van der Waals surface area contributed by atoms with Gasteiger partial charge in [0.2, 0.25) is 5.91 Å². The molecule has 33 heavy (non-hydrogen) atoms. The second-order valence-electron chi connectivity index (χ2n) is 7.71. The Morgan fingerprint density at radius 2 is 1.27 bits per heavy atom. The zero-order valence-electron chi connectivity index (χ0n) is 20.4. The van der Waals surface area contributed by atoms with Crippen molar-refractivity contribution < 1.29 is 49.0 Å². The Bertz CT molecular complexity index is 913. The Balaban J connectivity index is 0.00000385. The number of ether oxygens (including phenoxy) is 1. The zero-order chi connectivity index (χ0) is 23.3. The van der Waals surface area contributed by atoms with Crippen LogP contribution < -0.4 is 54.1 Å². The van der Waals surface area contributed by atoms with E-state index < -0.39 is 5.97 Å². The molecule has 3 rings (SSSR count). The van der Waals surface area contributed by atoms with Crippen molar-refractivity contribution in [3.63, 3.8) is 0 Å². The van der Waals surface area contributed by atoms with E-state index in [9.17, 15) is 14.7 Å². The number of anilines is 4. The fraction of sp³-hybridized carbons (Fsp3) is 0.440. The number of nitrogens with zero attached hydrogens (tertiary/aromatic N) is 3. The summed E-state index contributed by atoms with van der Waals surface area (Å²) in [7, 11) is 0. The van der Waals surface area contributed by atoms with E-state index >= 15 is 0 Å². The van der Waals surface area contributed by atoms with Crippen molar-refractivity contribution in [2.75, 3.05) is 40.9 Å². The van der Waals surface area contributed by atoms with Gasteiger partial charge in [-0.2, -0.15) is 0 Å². The predicted octanol–water partition coefficient (Wildman–Crippen LogP) is 1.07. The molecule has 0 saturated heterocycles. The Labute approximate surface area is 218 Å². The molecule has 0 spiro atoms. The molecule has 0 radical (unpaired) electrons. The molecule has 0 N–H and O–H groups in total. The van der Waals surface area contributed by atoms with Crippen molar-refractivity contribution in [2.24, 2.45) is 0 Å². The minimum atomic E-state index is -1.15. The maximum atomic E-state index is 13.2. The van der Waals surface area contributed by atoms with Crippen LogP contribution in [0.3, 0.4) is 0 Å². The minimum absolute atomic E-state index is 0. The molecule has 2 aromatic carbocycles. The summed E-state index contributed by atoms with van der Waals surface area (Å²) in [5.41, 5.74) is 3.40. The maximum absolute atomic E-state index is 13.2. The number of rotatable bonds is 10. The second kappa shape index (κ2) is 12.3. The third-order valence-electron chi connectivity index (χ3n) is 5.87. The molecule has 1 aliphatic rings. The summed E-state index contributed by atoms with van der Waals surface area (Å²) in [5, 5.41) is 10.8. The van der Waals surface area contributed by atoms with Crippen molar-refractivity contribution >= 4 is 34.6 Å². The van der Waals surface area contributed by atoms with E-state index in [0.717, 1.165) is 37.6 Å². The number of benzene rings is 2. The van der Waals surface area contributed by atoms with E-state index in [1.54, 1.807) is 4.90 Å². The second-order valence-corrected chi connectivity index (χ2v) is 7.71. The number of hydrogen-bond acceptors (Lipinski definition) is 6. The number of amides is 1. The Hall–Kier alpha value is -2.22. The fourth-order valence-corrected chi connectivity index (χ4v) is 4.12. The van der Waals surface area contributed by atoms with E-state index in [4.69, 9.17) is 4.74 Å². The summed E-state index contributed by atoms with van der Waals surface area (Å²) in [4.78, 5) is 30.1. The standard InChI is InChI=1S/C25H33N3O4.Na/c1-5-26(6-2)18-12-14-20-22(16-18)32-23-17-19(27(7-3)8-4)13-15-21(23)28(20)24(29)10-9-11-25(30)31;/h12-17H,5-11H2,1-4H3,(H,30,31);/q;+1/p-1. The number of carboxylic acids is 1. The number of aliphatic carboxylic acids is 1. The molecule has 7 nitrogen and oxygen atoms in total. The van der Waals surface area contributed by atoms with Crippen LogP contribution in [0.1, 0.15) is 47.0 Å². The Morgan fingerprint density at radius 1 is 0.818 bits per heavy atom. The third-order valence-corrected chi connectivity index (χ3v) is 5.87. The molecule has 0 aliphatic carbocycles. The van der Waals surface area contributed by atoms with E-state index in [2.05, 4.69) is 37.5 Å².